The maximum absolute atomic E-state index is 12.6. The predicted octanol–water partition coefficient (Wildman–Crippen LogP) is 2.09. The smallest absolute Gasteiger partial charge is 0.261 e. The summed E-state index contributed by atoms with van der Waals surface area (Å²) in [6.07, 6.45) is 0. The molecule has 1 fully saturated rings. The summed E-state index contributed by atoms with van der Waals surface area (Å²) in [4.78, 5) is 14.2. The van der Waals surface area contributed by atoms with E-state index in [0.29, 0.717) is 48.2 Å². The summed E-state index contributed by atoms with van der Waals surface area (Å²) < 4.78 is 44.4. The van der Waals surface area contributed by atoms with E-state index in [1.54, 1.807) is 29.2 Å². The molecule has 1 saturated heterocycles. The fourth-order valence-corrected chi connectivity index (χ4v) is 4.91. The number of nitrogens with zero attached hydrogens (tertiary/aromatic N) is 1. The summed E-state index contributed by atoms with van der Waals surface area (Å²) in [6, 6.07) is 12.4. The van der Waals surface area contributed by atoms with Gasteiger partial charge in [-0.05, 0) is 55.5 Å². The van der Waals surface area contributed by atoms with Gasteiger partial charge in [-0.25, -0.2) is 8.42 Å². The van der Waals surface area contributed by atoms with Crippen molar-refractivity contribution < 1.29 is 22.2 Å². The van der Waals surface area contributed by atoms with Crippen LogP contribution in [0.15, 0.2) is 53.4 Å². The minimum absolute atomic E-state index is 0.0673. The maximum Gasteiger partial charge on any atom is 0.261 e. The Morgan fingerprint density at radius 3 is 2.25 bits per heavy atom. The Kier molecular flexibility index (Phi) is 6.35. The van der Waals surface area contributed by atoms with E-state index in [1.165, 1.54) is 24.3 Å². The van der Waals surface area contributed by atoms with Crippen LogP contribution in [0, 0.1) is 0 Å². The molecular weight excluding hydrogens is 400 g/mol. The highest BCUT2D eigenvalue weighted by Gasteiger charge is 2.22. The summed E-state index contributed by atoms with van der Waals surface area (Å²) in [6.45, 7) is 3.30. The Bertz CT molecular complexity index is 947. The van der Waals surface area contributed by atoms with E-state index in [2.05, 4.69) is 4.72 Å². The SMILES string of the molecule is CCOc1ccc(NS(=O)(=O)c2ccc(C(=O)N3CCS(=O)CC3)cc2)cc1. The molecule has 0 atom stereocenters. The zero-order chi connectivity index (χ0) is 20.1. The first-order valence-electron chi connectivity index (χ1n) is 8.89. The van der Waals surface area contributed by atoms with Crippen molar-refractivity contribution in [3.8, 4) is 5.75 Å². The molecule has 0 saturated carbocycles. The lowest BCUT2D eigenvalue weighted by Crippen LogP contribution is -2.41. The van der Waals surface area contributed by atoms with Crippen LogP contribution >= 0.6 is 0 Å². The molecule has 150 valence electrons. The largest absolute Gasteiger partial charge is 0.494 e. The monoisotopic (exact) mass is 422 g/mol. The molecule has 1 aliphatic heterocycles. The van der Waals surface area contributed by atoms with Gasteiger partial charge in [-0.2, -0.15) is 0 Å². The molecule has 2 aromatic carbocycles. The van der Waals surface area contributed by atoms with Gasteiger partial charge in [0.05, 0.1) is 11.5 Å². The fraction of sp³-hybridized carbons (Fsp3) is 0.316. The third-order valence-electron chi connectivity index (χ3n) is 4.29. The second-order valence-corrected chi connectivity index (χ2v) is 9.61. The first kappa shape index (κ1) is 20.3. The highest BCUT2D eigenvalue weighted by molar-refractivity contribution is 7.92. The van der Waals surface area contributed by atoms with Crippen LogP contribution in [0.3, 0.4) is 0 Å². The molecule has 1 aliphatic rings. The summed E-state index contributed by atoms with van der Waals surface area (Å²) in [7, 11) is -4.63. The first-order chi connectivity index (χ1) is 13.4. The van der Waals surface area contributed by atoms with E-state index in [0.717, 1.165) is 0 Å². The Morgan fingerprint density at radius 2 is 1.68 bits per heavy atom. The molecule has 0 bridgehead atoms. The molecule has 0 aromatic heterocycles. The van der Waals surface area contributed by atoms with Gasteiger partial charge in [0.1, 0.15) is 5.75 Å². The molecule has 7 nitrogen and oxygen atoms in total. The molecule has 0 aliphatic carbocycles. The van der Waals surface area contributed by atoms with Crippen LogP contribution < -0.4 is 9.46 Å². The molecule has 3 rings (SSSR count). The fourth-order valence-electron chi connectivity index (χ4n) is 2.80. The number of carbonyl (C=O) groups excluding carboxylic acids is 1. The highest BCUT2D eigenvalue weighted by Crippen LogP contribution is 2.20. The Morgan fingerprint density at radius 1 is 1.07 bits per heavy atom. The van der Waals surface area contributed by atoms with Crippen LogP contribution in [-0.4, -0.2) is 54.6 Å². The highest BCUT2D eigenvalue weighted by atomic mass is 32.2. The van der Waals surface area contributed by atoms with Crippen LogP contribution in [0.4, 0.5) is 5.69 Å². The zero-order valence-corrected chi connectivity index (χ0v) is 17.1. The third kappa shape index (κ3) is 4.90. The van der Waals surface area contributed by atoms with E-state index in [-0.39, 0.29) is 10.8 Å². The third-order valence-corrected chi connectivity index (χ3v) is 6.97. The van der Waals surface area contributed by atoms with Gasteiger partial charge >= 0.3 is 0 Å². The number of hydrogen-bond acceptors (Lipinski definition) is 5. The van der Waals surface area contributed by atoms with E-state index < -0.39 is 20.8 Å². The molecule has 0 radical (unpaired) electrons. The van der Waals surface area contributed by atoms with Crippen LogP contribution in [-0.2, 0) is 20.8 Å². The van der Waals surface area contributed by atoms with Gasteiger partial charge in [0.25, 0.3) is 15.9 Å². The number of hydrogen-bond donors (Lipinski definition) is 1. The Labute approximate surface area is 167 Å². The number of carbonyl (C=O) groups is 1. The predicted molar refractivity (Wildman–Crippen MR) is 109 cm³/mol. The van der Waals surface area contributed by atoms with Gasteiger partial charge < -0.3 is 9.64 Å². The van der Waals surface area contributed by atoms with E-state index in [9.17, 15) is 17.4 Å². The maximum atomic E-state index is 12.6. The first-order valence-corrected chi connectivity index (χ1v) is 11.9. The van der Waals surface area contributed by atoms with E-state index in [4.69, 9.17) is 4.74 Å². The van der Waals surface area contributed by atoms with Gasteiger partial charge in [0, 0.05) is 46.6 Å². The molecule has 1 amide bonds. The quantitative estimate of drug-likeness (QED) is 0.770. The van der Waals surface area contributed by atoms with Crippen molar-refractivity contribution in [3.63, 3.8) is 0 Å². The zero-order valence-electron chi connectivity index (χ0n) is 15.5. The van der Waals surface area contributed by atoms with Crippen molar-refractivity contribution in [2.75, 3.05) is 35.9 Å². The molecule has 1 heterocycles. The lowest BCUT2D eigenvalue weighted by Gasteiger charge is -2.26. The summed E-state index contributed by atoms with van der Waals surface area (Å²) >= 11 is 0. The number of rotatable bonds is 6. The van der Waals surface area contributed by atoms with Crippen LogP contribution in [0.1, 0.15) is 17.3 Å². The van der Waals surface area contributed by atoms with Crippen molar-refractivity contribution in [3.05, 3.63) is 54.1 Å². The number of sulfonamides is 1. The van der Waals surface area contributed by atoms with Crippen LogP contribution in [0.25, 0.3) is 0 Å². The van der Waals surface area contributed by atoms with E-state index in [1.807, 2.05) is 6.92 Å². The molecule has 28 heavy (non-hydrogen) atoms. The minimum Gasteiger partial charge on any atom is -0.494 e. The molecule has 9 heteroatoms. The molecule has 0 spiro atoms. The summed E-state index contributed by atoms with van der Waals surface area (Å²) in [5.74, 6) is 1.43. The second-order valence-electron chi connectivity index (χ2n) is 6.23. The van der Waals surface area contributed by atoms with Crippen molar-refractivity contribution in [1.82, 2.24) is 4.90 Å². The number of benzene rings is 2. The lowest BCUT2D eigenvalue weighted by atomic mass is 10.2. The summed E-state index contributed by atoms with van der Waals surface area (Å²) in [5.41, 5.74) is 0.831. The van der Waals surface area contributed by atoms with Gasteiger partial charge in [-0.3, -0.25) is 13.7 Å². The van der Waals surface area contributed by atoms with Gasteiger partial charge in [0.2, 0.25) is 0 Å². The Hall–Kier alpha value is -2.39. The Balaban J connectivity index is 1.69. The van der Waals surface area contributed by atoms with Crippen LogP contribution in [0.5, 0.6) is 5.75 Å². The van der Waals surface area contributed by atoms with Gasteiger partial charge in [-0.15, -0.1) is 0 Å². The lowest BCUT2D eigenvalue weighted by molar-refractivity contribution is 0.0771. The molecule has 2 aromatic rings. The van der Waals surface area contributed by atoms with Gasteiger partial charge in [0.15, 0.2) is 0 Å². The second kappa shape index (κ2) is 8.74. The van der Waals surface area contributed by atoms with E-state index >= 15 is 0 Å². The minimum atomic E-state index is -3.77. The topological polar surface area (TPSA) is 92.8 Å². The molecule has 1 N–H and O–H groups in total. The molecular formula is C19H22N2O5S2. The standard InChI is InChI=1S/C19H22N2O5S2/c1-2-26-17-7-5-16(6-8-17)20-28(24,25)18-9-3-15(4-10-18)19(22)21-11-13-27(23)14-12-21/h3-10,20H,2,11-14H2,1H3. The average Bonchev–Trinajstić information content (AvgIpc) is 2.70. The molecule has 0 unspecified atom stereocenters. The average molecular weight is 423 g/mol. The number of anilines is 1. The van der Waals surface area contributed by atoms with Crippen molar-refractivity contribution >= 4 is 32.4 Å². The van der Waals surface area contributed by atoms with Crippen molar-refractivity contribution in [1.29, 1.82) is 0 Å². The number of amides is 1. The normalized spacial score (nSPS) is 15.2. The van der Waals surface area contributed by atoms with Crippen molar-refractivity contribution in [2.45, 2.75) is 11.8 Å². The van der Waals surface area contributed by atoms with Gasteiger partial charge in [-0.1, -0.05) is 0 Å². The number of nitrogens with one attached hydrogen (secondary N) is 1. The number of ether oxygens (including phenoxy) is 1. The summed E-state index contributed by atoms with van der Waals surface area (Å²) in [5, 5.41) is 0. The van der Waals surface area contributed by atoms with Crippen LogP contribution in [0.2, 0.25) is 0 Å². The van der Waals surface area contributed by atoms with Crippen molar-refractivity contribution in [2.24, 2.45) is 0 Å².